The summed E-state index contributed by atoms with van der Waals surface area (Å²) >= 11 is 0. The zero-order valence-corrected chi connectivity index (χ0v) is 22.0. The monoisotopic (exact) mass is 510 g/mol. The maximum absolute atomic E-state index is 12.2. The first-order valence-electron chi connectivity index (χ1n) is 13.0. The Morgan fingerprint density at radius 3 is 2.33 bits per heavy atom. The van der Waals surface area contributed by atoms with Crippen LogP contribution in [0.4, 0.5) is 14.6 Å². The van der Waals surface area contributed by atoms with Gasteiger partial charge in [0.05, 0.1) is 5.69 Å². The second-order valence-corrected chi connectivity index (χ2v) is 9.35. The Labute approximate surface area is 216 Å². The van der Waals surface area contributed by atoms with E-state index in [9.17, 15) is 8.78 Å². The second-order valence-electron chi connectivity index (χ2n) is 9.35. The lowest BCUT2D eigenvalue weighted by atomic mass is 10.2. The second kappa shape index (κ2) is 16.5. The number of fused-ring (bicyclic) bond motifs is 1. The Morgan fingerprint density at radius 2 is 1.81 bits per heavy atom. The van der Waals surface area contributed by atoms with E-state index in [0.29, 0.717) is 11.3 Å². The third-order valence-corrected chi connectivity index (χ3v) is 6.31. The smallest absolute Gasteiger partial charge is 0.387 e. The fourth-order valence-corrected chi connectivity index (χ4v) is 4.21. The molecule has 2 aromatic heterocycles. The zero-order valence-electron chi connectivity index (χ0n) is 22.0. The average Bonchev–Trinajstić information content (AvgIpc) is 3.25. The van der Waals surface area contributed by atoms with Gasteiger partial charge in [-0.1, -0.05) is 40.5 Å². The molecule has 0 aromatic carbocycles. The normalized spacial score (nSPS) is 20.4. The van der Waals surface area contributed by atoms with Crippen LogP contribution in [0.5, 0.6) is 5.75 Å². The zero-order chi connectivity index (χ0) is 25.8. The lowest BCUT2D eigenvalue weighted by Gasteiger charge is -2.09. The molecule has 3 heterocycles. The van der Waals surface area contributed by atoms with Gasteiger partial charge in [0.25, 0.3) is 0 Å². The number of anilines is 1. The first kappa shape index (κ1) is 31.8. The first-order valence-corrected chi connectivity index (χ1v) is 13.0. The molecule has 7 nitrogen and oxygen atoms in total. The van der Waals surface area contributed by atoms with Gasteiger partial charge < -0.3 is 20.7 Å². The molecule has 3 aliphatic rings. The molecule has 3 N–H and O–H groups in total. The molecule has 3 fully saturated rings. The van der Waals surface area contributed by atoms with Crippen LogP contribution in [0.2, 0.25) is 0 Å². The molecular formula is C27H48F2N6O. The van der Waals surface area contributed by atoms with Crippen LogP contribution >= 0.6 is 0 Å². The summed E-state index contributed by atoms with van der Waals surface area (Å²) in [6.07, 6.45) is 10.8. The van der Waals surface area contributed by atoms with Crippen molar-refractivity contribution in [2.24, 2.45) is 11.8 Å². The minimum absolute atomic E-state index is 0. The van der Waals surface area contributed by atoms with Crippen molar-refractivity contribution in [1.82, 2.24) is 25.0 Å². The number of hydrogen-bond donors (Lipinski definition) is 2. The van der Waals surface area contributed by atoms with Crippen LogP contribution in [0.15, 0.2) is 24.5 Å². The van der Waals surface area contributed by atoms with Crippen LogP contribution in [0.3, 0.4) is 0 Å². The summed E-state index contributed by atoms with van der Waals surface area (Å²) in [7, 11) is 2.17. The summed E-state index contributed by atoms with van der Waals surface area (Å²) < 4.78 is 30.5. The van der Waals surface area contributed by atoms with Crippen molar-refractivity contribution in [1.29, 1.82) is 0 Å². The van der Waals surface area contributed by atoms with Crippen LogP contribution in [0, 0.1) is 11.8 Å². The third-order valence-electron chi connectivity index (χ3n) is 6.31. The Bertz CT molecular complexity index is 845. The van der Waals surface area contributed by atoms with Gasteiger partial charge in [0.2, 0.25) is 0 Å². The molecule has 36 heavy (non-hydrogen) atoms. The maximum Gasteiger partial charge on any atom is 0.387 e. The van der Waals surface area contributed by atoms with Gasteiger partial charge in [-0.3, -0.25) is 4.68 Å². The molecule has 0 amide bonds. The Hall–Kier alpha value is -2.26. The van der Waals surface area contributed by atoms with Crippen molar-refractivity contribution in [2.75, 3.05) is 39.0 Å². The fourth-order valence-electron chi connectivity index (χ4n) is 4.21. The number of alkyl halides is 2. The Balaban J connectivity index is 0.000000310. The lowest BCUT2D eigenvalue weighted by molar-refractivity contribution is -0.0494. The first-order chi connectivity index (χ1) is 16.8. The molecular weight excluding hydrogens is 462 g/mol. The number of nitrogens with zero attached hydrogens (tertiary/aromatic N) is 4. The van der Waals surface area contributed by atoms with Crippen LogP contribution in [0.1, 0.15) is 73.3 Å². The number of pyridine rings is 1. The van der Waals surface area contributed by atoms with Gasteiger partial charge in [-0.25, -0.2) is 4.98 Å². The van der Waals surface area contributed by atoms with Gasteiger partial charge in [-0.15, -0.1) is 0 Å². The topological polar surface area (TPSA) is 81.2 Å². The molecule has 0 radical (unpaired) electrons. The van der Waals surface area contributed by atoms with Gasteiger partial charge in [0.15, 0.2) is 11.6 Å². The highest BCUT2D eigenvalue weighted by molar-refractivity contribution is 5.63. The average molecular weight is 511 g/mol. The van der Waals surface area contributed by atoms with E-state index in [-0.39, 0.29) is 25.0 Å². The third kappa shape index (κ3) is 10.8. The summed E-state index contributed by atoms with van der Waals surface area (Å²) in [6, 6.07) is 3.40. The number of nitrogen functional groups attached to an aromatic ring is 1. The van der Waals surface area contributed by atoms with Crippen molar-refractivity contribution in [3.63, 3.8) is 0 Å². The van der Waals surface area contributed by atoms with Crippen LogP contribution in [-0.4, -0.2) is 59.5 Å². The summed E-state index contributed by atoms with van der Waals surface area (Å²) in [5.74, 6) is 2.20. The van der Waals surface area contributed by atoms with Crippen molar-refractivity contribution in [3.05, 3.63) is 24.5 Å². The van der Waals surface area contributed by atoms with Gasteiger partial charge >= 0.3 is 6.61 Å². The van der Waals surface area contributed by atoms with E-state index in [2.05, 4.69) is 32.1 Å². The predicted molar refractivity (Wildman–Crippen MR) is 145 cm³/mol. The van der Waals surface area contributed by atoms with E-state index in [1.54, 1.807) is 30.0 Å². The van der Waals surface area contributed by atoms with Gasteiger partial charge in [0.1, 0.15) is 0 Å². The minimum atomic E-state index is -2.94. The Morgan fingerprint density at radius 1 is 1.11 bits per heavy atom. The molecule has 0 spiro atoms. The molecule has 206 valence electrons. The predicted octanol–water partition coefficient (Wildman–Crippen LogP) is 6.09. The minimum Gasteiger partial charge on any atom is -0.431 e. The number of nitrogens with one attached hydrogen (secondary N) is 1. The summed E-state index contributed by atoms with van der Waals surface area (Å²) in [6.45, 7) is 9.87. The summed E-state index contributed by atoms with van der Waals surface area (Å²) in [5, 5.41) is 7.66. The highest BCUT2D eigenvalue weighted by Gasteiger charge is 2.40. The number of hydrogen-bond acceptors (Lipinski definition) is 6. The standard InChI is InChI=1S/C12H14F2N4O.C6H14N2.C6H10.C2H6.CH4/c1-7(2)18-4-3-9(17-18)8-5-10(19-12(13)14)11(15)16-6-8;1-8-5-2-3-7-4-6-8;1-2-5-4-6(5)3-1;1-2;/h3-7,12H,1-2H3,(H2,15,16);7H,2-6H2,1H3;5-6H,1-4H2;1-2H3;1H4/t;;5-,6?;;/m..1../s1. The molecule has 2 atom stereocenters. The van der Waals surface area contributed by atoms with E-state index in [1.165, 1.54) is 56.6 Å². The number of nitrogens with two attached hydrogens (primary N) is 1. The number of likely N-dealkylation sites (N-methyl/N-ethyl adjacent to an activating group) is 1. The molecule has 2 saturated carbocycles. The molecule has 0 bridgehead atoms. The van der Waals surface area contributed by atoms with E-state index >= 15 is 0 Å². The lowest BCUT2D eigenvalue weighted by Crippen LogP contribution is -2.23. The maximum atomic E-state index is 12.2. The molecule has 2 aromatic rings. The van der Waals surface area contributed by atoms with Crippen molar-refractivity contribution >= 4 is 5.82 Å². The van der Waals surface area contributed by atoms with Crippen LogP contribution < -0.4 is 15.8 Å². The largest absolute Gasteiger partial charge is 0.431 e. The van der Waals surface area contributed by atoms with E-state index in [1.807, 2.05) is 33.9 Å². The van der Waals surface area contributed by atoms with E-state index in [4.69, 9.17) is 5.73 Å². The SMILES string of the molecule is C.C1CC2C[C@H]2C1.CC.CC(C)n1ccc(-c2cnc(N)c(OC(F)F)c2)n1.CN1CCCNCC1. The van der Waals surface area contributed by atoms with Crippen molar-refractivity contribution in [2.45, 2.75) is 79.9 Å². The van der Waals surface area contributed by atoms with Crippen LogP contribution in [-0.2, 0) is 0 Å². The number of aromatic nitrogens is 3. The molecule has 1 aliphatic heterocycles. The molecule has 9 heteroatoms. The van der Waals surface area contributed by atoms with E-state index in [0.717, 1.165) is 6.54 Å². The quantitative estimate of drug-likeness (QED) is 0.518. The van der Waals surface area contributed by atoms with Gasteiger partial charge in [-0.2, -0.15) is 13.9 Å². The summed E-state index contributed by atoms with van der Waals surface area (Å²) in [4.78, 5) is 6.19. The highest BCUT2D eigenvalue weighted by Crippen LogP contribution is 2.51. The summed E-state index contributed by atoms with van der Waals surface area (Å²) in [5.41, 5.74) is 6.67. The molecule has 5 rings (SSSR count). The van der Waals surface area contributed by atoms with Crippen molar-refractivity contribution < 1.29 is 13.5 Å². The van der Waals surface area contributed by atoms with Gasteiger partial charge in [0, 0.05) is 37.1 Å². The van der Waals surface area contributed by atoms with Crippen molar-refractivity contribution in [3.8, 4) is 17.0 Å². The number of ether oxygens (including phenoxy) is 1. The van der Waals surface area contributed by atoms with Crippen LogP contribution in [0.25, 0.3) is 11.3 Å². The molecule has 1 unspecified atom stereocenters. The van der Waals surface area contributed by atoms with E-state index < -0.39 is 6.61 Å². The molecule has 1 saturated heterocycles. The fraction of sp³-hybridized carbons (Fsp3) is 0.704. The highest BCUT2D eigenvalue weighted by atomic mass is 19.3. The van der Waals surface area contributed by atoms with Gasteiger partial charge in [-0.05, 0) is 70.8 Å². The Kier molecular flexibility index (Phi) is 14.5. The number of rotatable bonds is 4. The number of halogens is 2. The molecule has 2 aliphatic carbocycles.